The van der Waals surface area contributed by atoms with Gasteiger partial charge in [0, 0.05) is 215 Å². The number of nitrogens with zero attached hydrogens (tertiary/aromatic N) is 14. The van der Waals surface area contributed by atoms with Gasteiger partial charge in [0.1, 0.15) is 5.65 Å². The van der Waals surface area contributed by atoms with Crippen LogP contribution in [0.1, 0.15) is 214 Å². The van der Waals surface area contributed by atoms with Gasteiger partial charge < -0.3 is 55.5 Å². The third kappa shape index (κ3) is 22.4. The third-order valence-electron chi connectivity index (χ3n) is 30.1. The van der Waals surface area contributed by atoms with Crippen LogP contribution in [-0.2, 0) is 82.3 Å². The number of hydrogen-bond donors (Lipinski definition) is 12. The minimum Gasteiger partial charge on any atom is -0.428 e. The first-order chi connectivity index (χ1) is 67.1. The van der Waals surface area contributed by atoms with Gasteiger partial charge in [-0.1, -0.05) is 85.9 Å². The molecule has 5 saturated carbocycles. The zero-order valence-corrected chi connectivity index (χ0v) is 84.6. The van der Waals surface area contributed by atoms with Gasteiger partial charge in [-0.25, -0.2) is 70.3 Å². The van der Waals surface area contributed by atoms with E-state index in [-0.39, 0.29) is 88.1 Å². The number of benzene rings is 1. The van der Waals surface area contributed by atoms with Crippen LogP contribution in [0, 0.1) is 53.3 Å². The predicted octanol–water partition coefficient (Wildman–Crippen LogP) is 3.00. The van der Waals surface area contributed by atoms with E-state index in [1.807, 2.05) is 56.4 Å². The van der Waals surface area contributed by atoms with E-state index in [2.05, 4.69) is 123 Å². The molecule has 0 unspecified atom stereocenters. The maximum Gasteiger partial charge on any atom is 0.468 e. The highest BCUT2D eigenvalue weighted by atomic mass is 32.2. The zero-order valence-electron chi connectivity index (χ0n) is 80.5. The number of rotatable bonds is 24. The second-order valence-corrected chi connectivity index (χ2v) is 49.1. The summed E-state index contributed by atoms with van der Waals surface area (Å²) in [5.41, 5.74) is 24.0. The van der Waals surface area contributed by atoms with Crippen molar-refractivity contribution in [1.82, 2.24) is 78.5 Å². The number of aromatic amines is 1. The van der Waals surface area contributed by atoms with Gasteiger partial charge in [-0.05, 0) is 185 Å². The van der Waals surface area contributed by atoms with E-state index in [0.717, 1.165) is 274 Å². The molecule has 9 aliphatic carbocycles. The molecule has 742 valence electrons. The Balaban J connectivity index is 0.000000121. The molecule has 36 nitrogen and oxygen atoms in total. The van der Waals surface area contributed by atoms with E-state index in [1.165, 1.54) is 30.4 Å². The van der Waals surface area contributed by atoms with Crippen LogP contribution >= 0.6 is 0 Å². The first-order valence-electron chi connectivity index (χ1n) is 49.1. The molecule has 5 fully saturated rings. The molecule has 0 spiro atoms. The highest BCUT2D eigenvalue weighted by Crippen LogP contribution is 2.42. The molecule has 0 amide bonds. The Morgan fingerprint density at radius 1 is 0.429 bits per heavy atom. The summed E-state index contributed by atoms with van der Waals surface area (Å²) in [5, 5.41) is 82.2. The monoisotopic (exact) mass is 2000 g/mol. The van der Waals surface area contributed by atoms with Gasteiger partial charge in [0.2, 0.25) is 50.1 Å². The van der Waals surface area contributed by atoms with Crippen LogP contribution < -0.4 is 56.9 Å². The number of pyridine rings is 5. The first-order valence-corrected chi connectivity index (χ1v) is 57.3. The summed E-state index contributed by atoms with van der Waals surface area (Å²) in [6.45, 7) is 4.85. The van der Waals surface area contributed by atoms with Crippen LogP contribution in [0.2, 0.25) is 0 Å². The summed E-state index contributed by atoms with van der Waals surface area (Å²) in [5.74, 6) is 2.84. The number of allylic oxidation sites excluding steroid dienone is 4. The Hall–Kier alpha value is -9.51. The van der Waals surface area contributed by atoms with Crippen LogP contribution in [-0.4, -0.2) is 264 Å². The Kier molecular flexibility index (Phi) is 31.5. The average Bonchev–Trinajstić information content (AvgIpc) is 1.37. The lowest BCUT2D eigenvalue weighted by atomic mass is 9.65. The minimum atomic E-state index is -3.32. The van der Waals surface area contributed by atoms with E-state index >= 15 is 0 Å². The molecular formula is C94H126B5N21O15S5. The van der Waals surface area contributed by atoms with E-state index in [0.29, 0.717) is 32.4 Å². The molecule has 46 heteroatoms. The molecule has 0 bridgehead atoms. The number of hydrogen-bond acceptors (Lipinski definition) is 30. The molecule has 21 rings (SSSR count). The Morgan fingerprint density at radius 3 is 1.20 bits per heavy atom. The van der Waals surface area contributed by atoms with Gasteiger partial charge in [0.25, 0.3) is 0 Å². The molecule has 5 aliphatic heterocycles. The molecule has 0 radical (unpaired) electrons. The van der Waals surface area contributed by atoms with Crippen molar-refractivity contribution in [2.24, 2.45) is 78.8 Å². The summed E-state index contributed by atoms with van der Waals surface area (Å²) in [6.07, 6.45) is 46.7. The van der Waals surface area contributed by atoms with Gasteiger partial charge in [-0.15, -0.1) is 0 Å². The smallest absolute Gasteiger partial charge is 0.428 e. The minimum absolute atomic E-state index is 0.0524. The van der Waals surface area contributed by atoms with Crippen LogP contribution in [0.5, 0.6) is 0 Å². The summed E-state index contributed by atoms with van der Waals surface area (Å²) in [6, 6.07) is 11.6. The number of fused-ring (bicyclic) bond motifs is 15. The zero-order chi connectivity index (χ0) is 98.9. The van der Waals surface area contributed by atoms with E-state index in [1.54, 1.807) is 62.0 Å². The van der Waals surface area contributed by atoms with Gasteiger partial charge in [-0.3, -0.25) is 19.9 Å². The fourth-order valence-corrected chi connectivity index (χ4v) is 28.6. The fraction of sp³-hybridized carbons (Fsp3) is 0.511. The molecular weight excluding hydrogens is 1880 g/mol. The molecule has 0 saturated heterocycles. The Morgan fingerprint density at radius 2 is 0.793 bits per heavy atom. The van der Waals surface area contributed by atoms with Crippen molar-refractivity contribution < 1.29 is 67.2 Å². The Bertz CT molecular complexity index is 6700. The molecule has 11 heterocycles. The average molecular weight is 2000 g/mol. The highest BCUT2D eigenvalue weighted by molar-refractivity contribution is 7.90. The maximum absolute atomic E-state index is 13.0. The fourth-order valence-electron chi connectivity index (χ4n) is 22.3. The highest BCUT2D eigenvalue weighted by Gasteiger charge is 2.46. The summed E-state index contributed by atoms with van der Waals surface area (Å²) >= 11 is 0. The quantitative estimate of drug-likeness (QED) is 0.0387. The first kappa shape index (κ1) is 102. The van der Waals surface area contributed by atoms with Gasteiger partial charge in [-0.2, -0.15) is 25.5 Å². The van der Waals surface area contributed by atoms with Gasteiger partial charge in [0.05, 0.1) is 80.1 Å². The second kappa shape index (κ2) is 43.2. The standard InChI is InChI=1S/C24H29BN4O3S.C19H27BN4O3S.C18H25BN4O3S.C17H23BN4O3S.C16H22BN5O3S/c1-29(15-17-6-3-2-4-7-17)33(31,32)16-18-10-12-19(13-11-18)24-23-20-8-5-9-22(20)26-14-21(23)25(30)28-27-24;1-3-24-20(25)16-11-22-17-6-4-5-15(17)18(16)19(23-24)14-9-7-13(8-10-14)12-28(26,27)21-2;1-20-27(25,26)11-12-6-8-13(9-7-12)18-17-14-4-3-5-16(14)21-10-15(17)19(24)23(2)22-18;1-19-26(24,25)10-11-5-7-12(8-6-11)17-16-13-3-2-4-15(13)20-9-14(16)18(23)22-21-17;1-3-6-26(24,25)21-11-7-10(8-11)15-14-12-4-5-18-16(12)19-9-13(14)17(23)22(2)20-15/h2-8,14,18-19,28,30H,9-13,15-16H2,1H3;4-5,11,13-14,21,25H,3,6-10,12H2,1-2H3;3-4,10,12-13,20,24H,5-9,11H2,1-2H3;2-3,9,11-12,19,22-23H,4-8,10H2,1H3;4-5,9-11,21,23H,3,6-8H2,1-2H3,(H,18,19). The maximum atomic E-state index is 13.0. The lowest BCUT2D eigenvalue weighted by molar-refractivity contribution is 0.315. The topological polar surface area (TPSA) is 499 Å². The largest absolute Gasteiger partial charge is 0.468 e. The predicted molar refractivity (Wildman–Crippen MR) is 555 cm³/mol. The van der Waals surface area contributed by atoms with Crippen molar-refractivity contribution >= 4 is 177 Å². The molecule has 0 atom stereocenters. The normalized spacial score (nSPS) is 23.6. The third-order valence-corrected chi connectivity index (χ3v) is 38.3. The molecule has 1 aromatic carbocycles. The lowest BCUT2D eigenvalue weighted by Gasteiger charge is -2.39. The number of nitrogens with one attached hydrogen (secondary N) is 7. The van der Waals surface area contributed by atoms with E-state index < -0.39 is 85.4 Å². The lowest BCUT2D eigenvalue weighted by Crippen LogP contribution is -2.54. The molecule has 140 heavy (non-hydrogen) atoms. The van der Waals surface area contributed by atoms with E-state index in [4.69, 9.17) is 10.2 Å². The van der Waals surface area contributed by atoms with Crippen LogP contribution in [0.4, 0.5) is 0 Å². The summed E-state index contributed by atoms with van der Waals surface area (Å²) in [4.78, 5) is 30.4. The SMILES string of the molecule is CCCS(=O)(=O)NC1CC(C2=NN(C)B(O)c3cnc4[nH]ccc4c32)C1.CCN1N=C(C2CCC(CS(=O)(=O)NC)CC2)c2c(cnc3c2C=CC3)B1O.CN(Cc1ccccc1)S(=O)(=O)CC1CCC(C2=NNB(O)c3cnc4c(c32)C=CC4)CC1.CNS(=O)(=O)CC1CCC(C2=NN(C)B(O)c3cnc4c(c32)C=CC4)CC1.CNS(=O)(=O)CC1CCC(C2=NNB(O)c3cnc4c(c32)C=CC4)CC1. The van der Waals surface area contributed by atoms with Gasteiger partial charge in [0.15, 0.2) is 0 Å². The van der Waals surface area contributed by atoms with E-state index in [9.17, 15) is 67.2 Å². The molecule has 7 aromatic rings. The van der Waals surface area contributed by atoms with Crippen LogP contribution in [0.3, 0.4) is 0 Å². The molecule has 14 aliphatic rings. The van der Waals surface area contributed by atoms with Crippen molar-refractivity contribution in [3.05, 3.63) is 176 Å². The van der Waals surface area contributed by atoms with Crippen molar-refractivity contribution in [1.29, 1.82) is 0 Å². The van der Waals surface area contributed by atoms with Gasteiger partial charge >= 0.3 is 35.3 Å². The van der Waals surface area contributed by atoms with Crippen molar-refractivity contribution in [2.75, 3.05) is 77.6 Å². The number of hydrazone groups is 5. The Labute approximate surface area is 823 Å². The van der Waals surface area contributed by atoms with Crippen molar-refractivity contribution in [2.45, 2.75) is 174 Å². The summed E-state index contributed by atoms with van der Waals surface area (Å²) in [7, 11) is -10.5. The number of H-pyrrole nitrogens is 1. The summed E-state index contributed by atoms with van der Waals surface area (Å²) < 4.78 is 132. The molecule has 12 N–H and O–H groups in total. The molecule has 6 aromatic heterocycles. The number of aromatic nitrogens is 6. The van der Waals surface area contributed by atoms with Crippen molar-refractivity contribution in [3.63, 3.8) is 0 Å². The van der Waals surface area contributed by atoms with Crippen molar-refractivity contribution in [3.8, 4) is 0 Å². The number of sulfonamides is 5. The second-order valence-electron chi connectivity index (χ2n) is 39.2. The van der Waals surface area contributed by atoms with Crippen LogP contribution in [0.25, 0.3) is 35.3 Å². The van der Waals surface area contributed by atoms with Crippen LogP contribution in [0.15, 0.2) is 123 Å².